The van der Waals surface area contributed by atoms with Crippen molar-refractivity contribution < 1.29 is 14.3 Å². The molecular formula is C13H19N5O3. The average molecular weight is 293 g/mol. The molecule has 2 rings (SSSR count). The van der Waals surface area contributed by atoms with Gasteiger partial charge in [0.2, 0.25) is 0 Å². The van der Waals surface area contributed by atoms with Crippen molar-refractivity contribution in [1.29, 1.82) is 0 Å². The summed E-state index contributed by atoms with van der Waals surface area (Å²) in [5.41, 5.74) is 1.62. The van der Waals surface area contributed by atoms with Crippen molar-refractivity contribution in [3.05, 3.63) is 18.1 Å². The molecule has 0 saturated carbocycles. The minimum absolute atomic E-state index is 0.206. The van der Waals surface area contributed by atoms with Gasteiger partial charge in [-0.2, -0.15) is 5.10 Å². The Bertz CT molecular complexity index is 605. The van der Waals surface area contributed by atoms with Crippen molar-refractivity contribution >= 4 is 5.97 Å². The summed E-state index contributed by atoms with van der Waals surface area (Å²) in [7, 11) is 4.81. The molecule has 0 unspecified atom stereocenters. The molecule has 0 atom stereocenters. The Morgan fingerprint density at radius 1 is 1.33 bits per heavy atom. The van der Waals surface area contributed by atoms with Crippen molar-refractivity contribution in [2.24, 2.45) is 7.05 Å². The lowest BCUT2D eigenvalue weighted by atomic mass is 10.2. The molecule has 0 fully saturated rings. The topological polar surface area (TPSA) is 84.1 Å². The van der Waals surface area contributed by atoms with Gasteiger partial charge in [0.1, 0.15) is 5.69 Å². The largest absolute Gasteiger partial charge is 0.464 e. The van der Waals surface area contributed by atoms with Crippen LogP contribution in [0.4, 0.5) is 0 Å². The van der Waals surface area contributed by atoms with E-state index < -0.39 is 5.97 Å². The SMILES string of the molecule is COCCCCn1nnc(C(=O)OC)c1-c1cnn(C)c1. The van der Waals surface area contributed by atoms with Gasteiger partial charge in [-0.3, -0.25) is 4.68 Å². The first-order valence-corrected chi connectivity index (χ1v) is 6.67. The van der Waals surface area contributed by atoms with Crippen molar-refractivity contribution in [2.75, 3.05) is 20.8 Å². The summed E-state index contributed by atoms with van der Waals surface area (Å²) < 4.78 is 13.2. The second kappa shape index (κ2) is 6.98. The summed E-state index contributed by atoms with van der Waals surface area (Å²) in [6.45, 7) is 1.35. The van der Waals surface area contributed by atoms with Crippen molar-refractivity contribution in [3.8, 4) is 11.3 Å². The minimum Gasteiger partial charge on any atom is -0.464 e. The van der Waals surface area contributed by atoms with Gasteiger partial charge in [0, 0.05) is 39.1 Å². The molecule has 8 heteroatoms. The molecule has 2 aromatic rings. The molecule has 0 saturated heterocycles. The van der Waals surface area contributed by atoms with E-state index in [-0.39, 0.29) is 5.69 Å². The summed E-state index contributed by atoms with van der Waals surface area (Å²) in [5.74, 6) is -0.503. The number of aromatic nitrogens is 5. The van der Waals surface area contributed by atoms with E-state index in [0.29, 0.717) is 18.8 Å². The van der Waals surface area contributed by atoms with E-state index in [2.05, 4.69) is 15.4 Å². The van der Waals surface area contributed by atoms with Crippen LogP contribution in [0.15, 0.2) is 12.4 Å². The molecule has 21 heavy (non-hydrogen) atoms. The van der Waals surface area contributed by atoms with Crippen LogP contribution in [0.1, 0.15) is 23.3 Å². The second-order valence-corrected chi connectivity index (χ2v) is 4.60. The lowest BCUT2D eigenvalue weighted by molar-refractivity contribution is 0.0595. The van der Waals surface area contributed by atoms with Crippen LogP contribution >= 0.6 is 0 Å². The highest BCUT2D eigenvalue weighted by Crippen LogP contribution is 2.22. The monoisotopic (exact) mass is 293 g/mol. The number of carbonyl (C=O) groups excluding carboxylic acids is 1. The first-order chi connectivity index (χ1) is 10.2. The first kappa shape index (κ1) is 15.2. The number of hydrogen-bond donors (Lipinski definition) is 0. The summed E-state index contributed by atoms with van der Waals surface area (Å²) in [6.07, 6.45) is 5.29. The normalized spacial score (nSPS) is 10.8. The fourth-order valence-corrected chi connectivity index (χ4v) is 2.04. The summed E-state index contributed by atoms with van der Waals surface area (Å²) >= 11 is 0. The van der Waals surface area contributed by atoms with Crippen molar-refractivity contribution in [1.82, 2.24) is 24.8 Å². The summed E-state index contributed by atoms with van der Waals surface area (Å²) in [4.78, 5) is 11.8. The van der Waals surface area contributed by atoms with Gasteiger partial charge < -0.3 is 9.47 Å². The van der Waals surface area contributed by atoms with E-state index in [1.54, 1.807) is 22.7 Å². The number of hydrogen-bond acceptors (Lipinski definition) is 6. The summed E-state index contributed by atoms with van der Waals surface area (Å²) in [6, 6.07) is 0. The van der Waals surface area contributed by atoms with Crippen LogP contribution in [-0.2, 0) is 23.1 Å². The van der Waals surface area contributed by atoms with Crippen LogP contribution in [0.3, 0.4) is 0 Å². The highest BCUT2D eigenvalue weighted by atomic mass is 16.5. The van der Waals surface area contributed by atoms with E-state index in [1.165, 1.54) is 7.11 Å². The number of rotatable bonds is 7. The van der Waals surface area contributed by atoms with Gasteiger partial charge >= 0.3 is 5.97 Å². The van der Waals surface area contributed by atoms with Crippen LogP contribution in [-0.4, -0.2) is 51.6 Å². The van der Waals surface area contributed by atoms with Crippen LogP contribution in [0, 0.1) is 0 Å². The lowest BCUT2D eigenvalue weighted by Crippen LogP contribution is -2.07. The third kappa shape index (κ3) is 3.46. The summed E-state index contributed by atoms with van der Waals surface area (Å²) in [5, 5.41) is 12.1. The molecule has 0 spiro atoms. The molecule has 0 bridgehead atoms. The van der Waals surface area contributed by atoms with Crippen LogP contribution in [0.2, 0.25) is 0 Å². The maximum Gasteiger partial charge on any atom is 0.360 e. The van der Waals surface area contributed by atoms with E-state index in [0.717, 1.165) is 18.4 Å². The van der Waals surface area contributed by atoms with E-state index in [9.17, 15) is 4.79 Å². The highest BCUT2D eigenvalue weighted by Gasteiger charge is 2.22. The highest BCUT2D eigenvalue weighted by molar-refractivity contribution is 5.93. The first-order valence-electron chi connectivity index (χ1n) is 6.67. The van der Waals surface area contributed by atoms with E-state index in [4.69, 9.17) is 9.47 Å². The maximum absolute atomic E-state index is 11.8. The predicted molar refractivity (Wildman–Crippen MR) is 74.7 cm³/mol. The molecular weight excluding hydrogens is 274 g/mol. The fourth-order valence-electron chi connectivity index (χ4n) is 2.04. The molecule has 8 nitrogen and oxygen atoms in total. The van der Waals surface area contributed by atoms with E-state index >= 15 is 0 Å². The molecule has 0 aliphatic carbocycles. The van der Waals surface area contributed by atoms with Crippen LogP contribution in [0.25, 0.3) is 11.3 Å². The fraction of sp³-hybridized carbons (Fsp3) is 0.538. The van der Waals surface area contributed by atoms with Gasteiger partial charge in [0.25, 0.3) is 0 Å². The molecule has 0 aliphatic rings. The Kier molecular flexibility index (Phi) is 5.04. The number of unbranched alkanes of at least 4 members (excludes halogenated alkanes) is 1. The molecule has 0 amide bonds. The quantitative estimate of drug-likeness (QED) is 0.557. The Labute approximate surface area is 122 Å². The van der Waals surface area contributed by atoms with Gasteiger partial charge in [0.05, 0.1) is 13.3 Å². The molecule has 2 aromatic heterocycles. The smallest absolute Gasteiger partial charge is 0.360 e. The number of methoxy groups -OCH3 is 2. The van der Waals surface area contributed by atoms with E-state index in [1.807, 2.05) is 13.2 Å². The average Bonchev–Trinajstić information content (AvgIpc) is 3.08. The molecule has 0 aromatic carbocycles. The zero-order chi connectivity index (χ0) is 15.2. The number of ether oxygens (including phenoxy) is 2. The third-order valence-electron chi connectivity index (χ3n) is 3.06. The zero-order valence-corrected chi connectivity index (χ0v) is 12.4. The van der Waals surface area contributed by atoms with Crippen LogP contribution in [0.5, 0.6) is 0 Å². The van der Waals surface area contributed by atoms with Crippen LogP contribution < -0.4 is 0 Å². The predicted octanol–water partition coefficient (Wildman–Crippen LogP) is 0.892. The van der Waals surface area contributed by atoms with Gasteiger partial charge in [-0.1, -0.05) is 5.21 Å². The molecule has 2 heterocycles. The zero-order valence-electron chi connectivity index (χ0n) is 12.4. The maximum atomic E-state index is 11.8. The van der Waals surface area contributed by atoms with Crippen molar-refractivity contribution in [2.45, 2.75) is 19.4 Å². The van der Waals surface area contributed by atoms with Gasteiger partial charge in [-0.25, -0.2) is 9.48 Å². The van der Waals surface area contributed by atoms with Crippen molar-refractivity contribution in [3.63, 3.8) is 0 Å². The third-order valence-corrected chi connectivity index (χ3v) is 3.06. The number of nitrogens with zero attached hydrogens (tertiary/aromatic N) is 5. The molecule has 0 aliphatic heterocycles. The van der Waals surface area contributed by atoms with Gasteiger partial charge in [-0.05, 0) is 12.8 Å². The Balaban J connectivity index is 2.28. The number of carbonyl (C=O) groups is 1. The second-order valence-electron chi connectivity index (χ2n) is 4.60. The molecule has 0 radical (unpaired) electrons. The minimum atomic E-state index is -0.503. The number of aryl methyl sites for hydroxylation is 2. The van der Waals surface area contributed by atoms with Gasteiger partial charge in [0.15, 0.2) is 5.69 Å². The standard InChI is InChI=1S/C13H19N5O3/c1-17-9-10(8-14-17)12-11(13(19)21-3)15-16-18(12)6-4-5-7-20-2/h8-9H,4-7H2,1-3H3. The van der Waals surface area contributed by atoms with Gasteiger partial charge in [-0.15, -0.1) is 5.10 Å². The Morgan fingerprint density at radius 2 is 2.14 bits per heavy atom. The molecule has 114 valence electrons. The Morgan fingerprint density at radius 3 is 2.76 bits per heavy atom. The lowest BCUT2D eigenvalue weighted by Gasteiger charge is -2.05. The molecule has 0 N–H and O–H groups in total. The number of esters is 1. The Hall–Kier alpha value is -2.22.